The molecule has 18 heavy (non-hydrogen) atoms. The normalized spacial score (nSPS) is 18.7. The van der Waals surface area contributed by atoms with Gasteiger partial charge in [0, 0.05) is 23.5 Å². The average Bonchev–Trinajstić information content (AvgIpc) is 2.84. The number of nitrogens with zero attached hydrogens (tertiary/aromatic N) is 3. The lowest BCUT2D eigenvalue weighted by atomic mass is 10.2. The molecule has 94 valence electrons. The second-order valence-corrected chi connectivity index (χ2v) is 5.32. The van der Waals surface area contributed by atoms with Crippen molar-refractivity contribution in [2.45, 2.75) is 24.4 Å². The lowest BCUT2D eigenvalue weighted by Gasteiger charge is -2.21. The molecule has 0 saturated carbocycles. The molecule has 1 aromatic carbocycles. The Morgan fingerprint density at radius 3 is 2.78 bits per heavy atom. The molecule has 1 aromatic heterocycles. The molecule has 1 atom stereocenters. The quantitative estimate of drug-likeness (QED) is 0.842. The van der Waals surface area contributed by atoms with Gasteiger partial charge in [0.05, 0.1) is 6.04 Å². The third-order valence-electron chi connectivity index (χ3n) is 3.30. The number of rotatable bonds is 2. The molecule has 0 amide bonds. The van der Waals surface area contributed by atoms with Gasteiger partial charge < -0.3 is 9.88 Å². The average molecular weight is 260 g/mol. The van der Waals surface area contributed by atoms with Gasteiger partial charge in [0.2, 0.25) is 0 Å². The fourth-order valence-electron chi connectivity index (χ4n) is 2.29. The van der Waals surface area contributed by atoms with Crippen LogP contribution in [0.4, 0.5) is 0 Å². The van der Waals surface area contributed by atoms with E-state index in [0.29, 0.717) is 0 Å². The Morgan fingerprint density at radius 1 is 1.28 bits per heavy atom. The number of nitrogens with one attached hydrogen (secondary N) is 1. The number of thioether (sulfide) groups is 1. The minimum Gasteiger partial charge on any atom is -0.308 e. The first kappa shape index (κ1) is 11.7. The van der Waals surface area contributed by atoms with E-state index >= 15 is 0 Å². The second kappa shape index (κ2) is 4.74. The summed E-state index contributed by atoms with van der Waals surface area (Å²) in [6.07, 6.45) is 2.08. The first-order valence-corrected chi connectivity index (χ1v) is 7.33. The first-order valence-electron chi connectivity index (χ1n) is 6.10. The molecule has 0 bridgehead atoms. The van der Waals surface area contributed by atoms with Crippen LogP contribution >= 0.6 is 11.8 Å². The molecule has 0 spiro atoms. The van der Waals surface area contributed by atoms with Crippen molar-refractivity contribution in [1.29, 1.82) is 0 Å². The molecule has 0 radical (unpaired) electrons. The highest BCUT2D eigenvalue weighted by Crippen LogP contribution is 2.25. The summed E-state index contributed by atoms with van der Waals surface area (Å²) in [6.45, 7) is 4.04. The summed E-state index contributed by atoms with van der Waals surface area (Å²) in [6, 6.07) is 8.79. The third kappa shape index (κ3) is 1.93. The van der Waals surface area contributed by atoms with Crippen LogP contribution in [0.15, 0.2) is 29.2 Å². The molecular weight excluding hydrogens is 244 g/mol. The predicted octanol–water partition coefficient (Wildman–Crippen LogP) is 2.33. The van der Waals surface area contributed by atoms with E-state index < -0.39 is 0 Å². The molecule has 4 nitrogen and oxygen atoms in total. The number of hydrogen-bond acceptors (Lipinski definition) is 4. The highest BCUT2D eigenvalue weighted by molar-refractivity contribution is 7.98. The van der Waals surface area contributed by atoms with Crippen molar-refractivity contribution in [3.05, 3.63) is 30.1 Å². The Hall–Kier alpha value is -1.33. The van der Waals surface area contributed by atoms with E-state index in [2.05, 4.69) is 57.5 Å². The zero-order valence-corrected chi connectivity index (χ0v) is 11.4. The summed E-state index contributed by atoms with van der Waals surface area (Å²) in [4.78, 5) is 1.27. The van der Waals surface area contributed by atoms with Crippen LogP contribution in [0.2, 0.25) is 0 Å². The fourth-order valence-corrected chi connectivity index (χ4v) is 2.70. The van der Waals surface area contributed by atoms with E-state index in [0.717, 1.165) is 30.3 Å². The molecule has 0 aliphatic carbocycles. The molecular formula is C13H16N4S. The Bertz CT molecular complexity index is 547. The van der Waals surface area contributed by atoms with Gasteiger partial charge in [0.1, 0.15) is 5.82 Å². The summed E-state index contributed by atoms with van der Waals surface area (Å²) < 4.78 is 2.22. The highest BCUT2D eigenvalue weighted by Gasteiger charge is 2.21. The Balaban J connectivity index is 2.01. The highest BCUT2D eigenvalue weighted by atomic mass is 32.2. The molecule has 0 saturated heterocycles. The van der Waals surface area contributed by atoms with E-state index in [9.17, 15) is 0 Å². The van der Waals surface area contributed by atoms with Gasteiger partial charge in [-0.15, -0.1) is 22.0 Å². The minimum absolute atomic E-state index is 0.283. The summed E-state index contributed by atoms with van der Waals surface area (Å²) >= 11 is 1.75. The molecule has 2 heterocycles. The molecule has 1 unspecified atom stereocenters. The van der Waals surface area contributed by atoms with E-state index in [1.807, 2.05) is 0 Å². The second-order valence-electron chi connectivity index (χ2n) is 4.44. The summed E-state index contributed by atoms with van der Waals surface area (Å²) in [5.74, 6) is 2.01. The molecule has 5 heteroatoms. The first-order chi connectivity index (χ1) is 8.79. The number of hydrogen-bond donors (Lipinski definition) is 1. The molecule has 0 fully saturated rings. The van der Waals surface area contributed by atoms with E-state index in [1.165, 1.54) is 4.90 Å². The van der Waals surface area contributed by atoms with E-state index in [-0.39, 0.29) is 6.04 Å². The predicted molar refractivity (Wildman–Crippen MR) is 73.7 cm³/mol. The summed E-state index contributed by atoms with van der Waals surface area (Å²) in [7, 11) is 0. The van der Waals surface area contributed by atoms with Gasteiger partial charge in [0.15, 0.2) is 5.82 Å². The zero-order valence-electron chi connectivity index (χ0n) is 10.6. The number of fused-ring (bicyclic) bond motifs is 1. The molecule has 1 aliphatic rings. The lowest BCUT2D eigenvalue weighted by molar-refractivity contribution is 0.439. The Labute approximate surface area is 111 Å². The van der Waals surface area contributed by atoms with Crippen molar-refractivity contribution in [3.8, 4) is 11.4 Å². The number of benzene rings is 1. The Kier molecular flexibility index (Phi) is 3.09. The largest absolute Gasteiger partial charge is 0.308 e. The van der Waals surface area contributed by atoms with Crippen LogP contribution in [0.3, 0.4) is 0 Å². The molecule has 3 rings (SSSR count). The lowest BCUT2D eigenvalue weighted by Crippen LogP contribution is -2.32. The summed E-state index contributed by atoms with van der Waals surface area (Å²) in [5.41, 5.74) is 1.14. The van der Waals surface area contributed by atoms with Crippen LogP contribution in [0.1, 0.15) is 18.8 Å². The maximum Gasteiger partial charge on any atom is 0.164 e. The maximum atomic E-state index is 4.34. The van der Waals surface area contributed by atoms with Gasteiger partial charge in [-0.25, -0.2) is 0 Å². The Morgan fingerprint density at radius 2 is 2.06 bits per heavy atom. The van der Waals surface area contributed by atoms with Crippen LogP contribution < -0.4 is 5.32 Å². The maximum absolute atomic E-state index is 4.34. The van der Waals surface area contributed by atoms with Gasteiger partial charge in [-0.1, -0.05) is 12.1 Å². The van der Waals surface area contributed by atoms with Crippen molar-refractivity contribution < 1.29 is 0 Å². The van der Waals surface area contributed by atoms with E-state index in [1.54, 1.807) is 11.8 Å². The number of aromatic nitrogens is 3. The van der Waals surface area contributed by atoms with Crippen LogP contribution in [0.25, 0.3) is 11.4 Å². The van der Waals surface area contributed by atoms with Crippen LogP contribution in [0, 0.1) is 0 Å². The van der Waals surface area contributed by atoms with Crippen LogP contribution in [-0.4, -0.2) is 27.6 Å². The SMILES string of the molecule is CSc1ccc(-c2nnc3n2CCNC3C)cc1. The topological polar surface area (TPSA) is 42.7 Å². The standard InChI is InChI=1S/C13H16N4S/c1-9-12-15-16-13(17(12)8-7-14-9)10-3-5-11(18-2)6-4-10/h3-6,9,14H,7-8H2,1-2H3. The monoisotopic (exact) mass is 260 g/mol. The van der Waals surface area contributed by atoms with Gasteiger partial charge in [-0.2, -0.15) is 0 Å². The fraction of sp³-hybridized carbons (Fsp3) is 0.385. The van der Waals surface area contributed by atoms with Crippen LogP contribution in [0.5, 0.6) is 0 Å². The van der Waals surface area contributed by atoms with Crippen molar-refractivity contribution >= 4 is 11.8 Å². The van der Waals surface area contributed by atoms with Gasteiger partial charge in [0.25, 0.3) is 0 Å². The zero-order chi connectivity index (χ0) is 12.5. The van der Waals surface area contributed by atoms with Crippen LogP contribution in [-0.2, 0) is 6.54 Å². The van der Waals surface area contributed by atoms with E-state index in [4.69, 9.17) is 0 Å². The van der Waals surface area contributed by atoms with Gasteiger partial charge in [-0.3, -0.25) is 0 Å². The minimum atomic E-state index is 0.283. The molecule has 2 aromatic rings. The smallest absolute Gasteiger partial charge is 0.164 e. The van der Waals surface area contributed by atoms with Crippen molar-refractivity contribution in [2.75, 3.05) is 12.8 Å². The van der Waals surface area contributed by atoms with Crippen molar-refractivity contribution in [3.63, 3.8) is 0 Å². The third-order valence-corrected chi connectivity index (χ3v) is 4.04. The summed E-state index contributed by atoms with van der Waals surface area (Å²) in [5, 5.41) is 12.0. The van der Waals surface area contributed by atoms with Gasteiger partial charge >= 0.3 is 0 Å². The molecule has 1 aliphatic heterocycles. The van der Waals surface area contributed by atoms with Crippen molar-refractivity contribution in [2.24, 2.45) is 0 Å². The van der Waals surface area contributed by atoms with Crippen molar-refractivity contribution in [1.82, 2.24) is 20.1 Å². The molecule has 1 N–H and O–H groups in total. The van der Waals surface area contributed by atoms with Gasteiger partial charge in [-0.05, 0) is 25.3 Å².